The minimum Gasteiger partial charge on any atom is -0.396 e. The van der Waals surface area contributed by atoms with Gasteiger partial charge in [0.15, 0.2) is 9.04 Å². The molecule has 3 heteroatoms. The van der Waals surface area contributed by atoms with Crippen LogP contribution in [0.25, 0.3) is 0 Å². The number of ether oxygens (including phenoxy) is 1. The van der Waals surface area contributed by atoms with Gasteiger partial charge in [-0.1, -0.05) is 27.2 Å². The van der Waals surface area contributed by atoms with E-state index in [9.17, 15) is 0 Å². The highest BCUT2D eigenvalue weighted by Crippen LogP contribution is 2.10. The first-order valence-electron chi connectivity index (χ1n) is 5.55. The lowest BCUT2D eigenvalue weighted by Crippen LogP contribution is -2.26. The highest BCUT2D eigenvalue weighted by Gasteiger charge is 2.14. The van der Waals surface area contributed by atoms with E-state index < -0.39 is 9.04 Å². The molecule has 0 aliphatic rings. The first kappa shape index (κ1) is 13.1. The zero-order valence-electron chi connectivity index (χ0n) is 9.51. The molecular formula is C10H24O2Si. The van der Waals surface area contributed by atoms with E-state index in [0.29, 0.717) is 0 Å². The van der Waals surface area contributed by atoms with Gasteiger partial charge in [0.25, 0.3) is 0 Å². The van der Waals surface area contributed by atoms with Crippen molar-refractivity contribution in [1.82, 2.24) is 0 Å². The summed E-state index contributed by atoms with van der Waals surface area (Å²) in [5.74, 6) is 0. The molecule has 0 heterocycles. The molecule has 80 valence electrons. The van der Waals surface area contributed by atoms with Crippen LogP contribution in [0.4, 0.5) is 0 Å². The smallest absolute Gasteiger partial charge is 0.180 e. The third kappa shape index (κ3) is 6.24. The second kappa shape index (κ2) is 8.72. The van der Waals surface area contributed by atoms with Gasteiger partial charge in [0.05, 0.1) is 0 Å². The van der Waals surface area contributed by atoms with Crippen LogP contribution in [0.1, 0.15) is 40.5 Å². The quantitative estimate of drug-likeness (QED) is 0.447. The van der Waals surface area contributed by atoms with E-state index in [2.05, 4.69) is 20.8 Å². The van der Waals surface area contributed by atoms with E-state index >= 15 is 0 Å². The highest BCUT2D eigenvalue weighted by molar-refractivity contribution is 6.51. The Bertz CT molecular complexity index is 97.1. The summed E-state index contributed by atoms with van der Waals surface area (Å²) >= 11 is 0. The van der Waals surface area contributed by atoms with E-state index in [1.54, 1.807) is 0 Å². The summed E-state index contributed by atoms with van der Waals surface area (Å²) < 4.78 is 11.4. The Kier molecular flexibility index (Phi) is 8.81. The topological polar surface area (TPSA) is 18.5 Å². The summed E-state index contributed by atoms with van der Waals surface area (Å²) in [6, 6.07) is 2.50. The summed E-state index contributed by atoms with van der Waals surface area (Å²) in [6.45, 7) is 9.35. The van der Waals surface area contributed by atoms with Gasteiger partial charge in [0, 0.05) is 6.61 Å². The van der Waals surface area contributed by atoms with Crippen molar-refractivity contribution >= 4 is 9.04 Å². The third-order valence-electron chi connectivity index (χ3n) is 2.10. The van der Waals surface area contributed by atoms with E-state index in [4.69, 9.17) is 9.16 Å². The van der Waals surface area contributed by atoms with Gasteiger partial charge < -0.3 is 9.16 Å². The molecule has 0 fully saturated rings. The summed E-state index contributed by atoms with van der Waals surface area (Å²) in [5.41, 5.74) is 0. The Hall–Kier alpha value is 0.137. The van der Waals surface area contributed by atoms with Crippen LogP contribution in [0.3, 0.4) is 0 Å². The van der Waals surface area contributed by atoms with E-state index in [1.807, 2.05) is 6.92 Å². The summed E-state index contributed by atoms with van der Waals surface area (Å²) in [4.78, 5) is 0. The summed E-state index contributed by atoms with van der Waals surface area (Å²) in [6.07, 6.45) is 2.28. The second-order valence-corrected chi connectivity index (χ2v) is 6.16. The summed E-state index contributed by atoms with van der Waals surface area (Å²) in [5, 5.41) is 0. The molecule has 0 bridgehead atoms. The van der Waals surface area contributed by atoms with Crippen molar-refractivity contribution in [2.45, 2.75) is 58.9 Å². The van der Waals surface area contributed by atoms with Crippen LogP contribution >= 0.6 is 0 Å². The SMILES string of the molecule is CCC[SiH](CC)OC(CC)OCC. The van der Waals surface area contributed by atoms with Gasteiger partial charge in [-0.25, -0.2) is 0 Å². The maximum absolute atomic E-state index is 5.95. The number of hydrogen-bond acceptors (Lipinski definition) is 2. The highest BCUT2D eigenvalue weighted by atomic mass is 28.3. The summed E-state index contributed by atoms with van der Waals surface area (Å²) in [7, 11) is -0.945. The average Bonchev–Trinajstić information content (AvgIpc) is 2.16. The Labute approximate surface area is 84.4 Å². The number of rotatable bonds is 8. The minimum absolute atomic E-state index is 0.0631. The zero-order valence-corrected chi connectivity index (χ0v) is 10.7. The van der Waals surface area contributed by atoms with E-state index in [1.165, 1.54) is 18.5 Å². The molecule has 0 aliphatic carbocycles. The Morgan fingerprint density at radius 3 is 2.23 bits per heavy atom. The van der Waals surface area contributed by atoms with Crippen molar-refractivity contribution < 1.29 is 9.16 Å². The molecule has 0 aromatic heterocycles. The second-order valence-electron chi connectivity index (χ2n) is 3.25. The Balaban J connectivity index is 3.73. The fourth-order valence-corrected chi connectivity index (χ4v) is 3.43. The van der Waals surface area contributed by atoms with Gasteiger partial charge >= 0.3 is 0 Å². The van der Waals surface area contributed by atoms with Crippen LogP contribution in [0, 0.1) is 0 Å². The van der Waals surface area contributed by atoms with Crippen LogP contribution in [-0.2, 0) is 9.16 Å². The van der Waals surface area contributed by atoms with Crippen LogP contribution < -0.4 is 0 Å². The maximum Gasteiger partial charge on any atom is 0.180 e. The predicted octanol–water partition coefficient (Wildman–Crippen LogP) is 2.93. The van der Waals surface area contributed by atoms with Crippen molar-refractivity contribution in [3.63, 3.8) is 0 Å². The van der Waals surface area contributed by atoms with Gasteiger partial charge in [-0.15, -0.1) is 0 Å². The molecule has 2 atom stereocenters. The van der Waals surface area contributed by atoms with Crippen molar-refractivity contribution in [2.75, 3.05) is 6.61 Å². The maximum atomic E-state index is 5.95. The van der Waals surface area contributed by atoms with E-state index in [-0.39, 0.29) is 6.29 Å². The molecule has 2 unspecified atom stereocenters. The molecule has 0 aliphatic heterocycles. The minimum atomic E-state index is -0.945. The molecule has 0 saturated heterocycles. The first-order valence-corrected chi connectivity index (χ1v) is 7.65. The largest absolute Gasteiger partial charge is 0.396 e. The molecule has 13 heavy (non-hydrogen) atoms. The lowest BCUT2D eigenvalue weighted by molar-refractivity contribution is -0.0798. The van der Waals surface area contributed by atoms with Gasteiger partial charge in [-0.3, -0.25) is 0 Å². The third-order valence-corrected chi connectivity index (χ3v) is 4.92. The number of hydrogen-bond donors (Lipinski definition) is 0. The molecular weight excluding hydrogens is 180 g/mol. The monoisotopic (exact) mass is 204 g/mol. The fourth-order valence-electron chi connectivity index (χ4n) is 1.34. The van der Waals surface area contributed by atoms with Crippen molar-refractivity contribution in [2.24, 2.45) is 0 Å². The molecule has 0 rings (SSSR count). The first-order chi connectivity index (χ1) is 6.28. The van der Waals surface area contributed by atoms with Crippen molar-refractivity contribution in [3.8, 4) is 0 Å². The zero-order chi connectivity index (χ0) is 10.1. The standard InChI is InChI=1S/C10H24O2Si/c1-5-9-13(8-4)12-10(6-2)11-7-3/h10,13H,5-9H2,1-4H3. The van der Waals surface area contributed by atoms with Gasteiger partial charge in [-0.2, -0.15) is 0 Å². The Morgan fingerprint density at radius 1 is 1.15 bits per heavy atom. The lowest BCUT2D eigenvalue weighted by atomic mass is 10.5. The van der Waals surface area contributed by atoms with Crippen LogP contribution in [0.15, 0.2) is 0 Å². The van der Waals surface area contributed by atoms with Gasteiger partial charge in [0.2, 0.25) is 0 Å². The molecule has 0 amide bonds. The molecule has 0 N–H and O–H groups in total. The molecule has 0 saturated carbocycles. The molecule has 0 aromatic carbocycles. The van der Waals surface area contributed by atoms with Gasteiger partial charge in [0.1, 0.15) is 6.29 Å². The predicted molar refractivity (Wildman–Crippen MR) is 59.5 cm³/mol. The Morgan fingerprint density at radius 2 is 1.85 bits per heavy atom. The average molecular weight is 204 g/mol. The van der Waals surface area contributed by atoms with Crippen LogP contribution in [-0.4, -0.2) is 21.9 Å². The van der Waals surface area contributed by atoms with Crippen molar-refractivity contribution in [3.05, 3.63) is 0 Å². The van der Waals surface area contributed by atoms with Gasteiger partial charge in [-0.05, 0) is 25.4 Å². The molecule has 0 spiro atoms. The van der Waals surface area contributed by atoms with Crippen LogP contribution in [0.2, 0.25) is 12.1 Å². The fraction of sp³-hybridized carbons (Fsp3) is 1.00. The molecule has 0 aromatic rings. The van der Waals surface area contributed by atoms with Crippen molar-refractivity contribution in [1.29, 1.82) is 0 Å². The molecule has 2 nitrogen and oxygen atoms in total. The van der Waals surface area contributed by atoms with E-state index in [0.717, 1.165) is 13.0 Å². The normalized spacial score (nSPS) is 15.7. The lowest BCUT2D eigenvalue weighted by Gasteiger charge is -2.21. The molecule has 0 radical (unpaired) electrons. The van der Waals surface area contributed by atoms with Crippen LogP contribution in [0.5, 0.6) is 0 Å².